The molecule has 0 radical (unpaired) electrons. The largest absolute Gasteiger partial charge is 0.462 e. The molecule has 1 aliphatic heterocycles. The van der Waals surface area contributed by atoms with Crippen LogP contribution in [0, 0.1) is 28.6 Å². The highest BCUT2D eigenvalue weighted by Gasteiger charge is 2.59. The topological polar surface area (TPSA) is 55.8 Å². The number of allylic oxidation sites excluding steroid dienone is 1. The van der Waals surface area contributed by atoms with Gasteiger partial charge in [-0.2, -0.15) is 0 Å². The van der Waals surface area contributed by atoms with Gasteiger partial charge < -0.3 is 9.47 Å². The van der Waals surface area contributed by atoms with Gasteiger partial charge in [-0.15, -0.1) is 0 Å². The van der Waals surface area contributed by atoms with Gasteiger partial charge in [-0.05, 0) is 74.2 Å². The van der Waals surface area contributed by atoms with Gasteiger partial charge in [0.05, 0.1) is 19.6 Å². The van der Waals surface area contributed by atoms with E-state index >= 15 is 0 Å². The minimum atomic E-state index is -0.0212. The summed E-state index contributed by atoms with van der Waals surface area (Å²) < 4.78 is 11.5. The Morgan fingerprint density at radius 1 is 1.10 bits per heavy atom. The molecule has 0 unspecified atom stereocenters. The van der Waals surface area contributed by atoms with Crippen molar-refractivity contribution in [1.82, 2.24) is 4.90 Å². The summed E-state index contributed by atoms with van der Waals surface area (Å²) in [6, 6.07) is 0. The van der Waals surface area contributed by atoms with Gasteiger partial charge in [0.15, 0.2) is 5.78 Å². The van der Waals surface area contributed by atoms with Crippen LogP contribution in [0.25, 0.3) is 0 Å². The first-order valence-corrected chi connectivity index (χ1v) is 12.6. The van der Waals surface area contributed by atoms with E-state index in [0.29, 0.717) is 36.4 Å². The van der Waals surface area contributed by atoms with Crippen molar-refractivity contribution in [3.05, 3.63) is 11.6 Å². The summed E-state index contributed by atoms with van der Waals surface area (Å²) in [6.45, 7) is 8.99. The number of ether oxygens (including phenoxy) is 2. The SMILES string of the molecule is C[C@]12CC[C@@H]3[C@H](CCC4=CC(=O)CC[C@@]43C)[C@H]1CC[C@@H]2OC(=O)CCN1CCOCC1. The molecule has 1 heterocycles. The number of hydrogen-bond donors (Lipinski definition) is 0. The minimum Gasteiger partial charge on any atom is -0.462 e. The highest BCUT2D eigenvalue weighted by molar-refractivity contribution is 5.91. The third-order valence-corrected chi connectivity index (χ3v) is 9.88. The van der Waals surface area contributed by atoms with E-state index in [9.17, 15) is 9.59 Å². The molecule has 5 rings (SSSR count). The third kappa shape index (κ3) is 3.80. The van der Waals surface area contributed by atoms with Crippen molar-refractivity contribution in [2.24, 2.45) is 28.6 Å². The molecule has 0 amide bonds. The zero-order valence-corrected chi connectivity index (χ0v) is 19.4. The van der Waals surface area contributed by atoms with Gasteiger partial charge in [-0.3, -0.25) is 14.5 Å². The van der Waals surface area contributed by atoms with Gasteiger partial charge in [0.2, 0.25) is 0 Å². The number of rotatable bonds is 4. The third-order valence-electron chi connectivity index (χ3n) is 9.88. The molecular weight excluding hydrogens is 390 g/mol. The summed E-state index contributed by atoms with van der Waals surface area (Å²) in [5.74, 6) is 2.36. The quantitative estimate of drug-likeness (QED) is 0.629. The summed E-state index contributed by atoms with van der Waals surface area (Å²) in [5, 5.41) is 0. The Hall–Kier alpha value is -1.20. The van der Waals surface area contributed by atoms with Crippen LogP contribution in [-0.2, 0) is 19.1 Å². The number of carbonyl (C=O) groups is 2. The van der Waals surface area contributed by atoms with Crippen molar-refractivity contribution >= 4 is 11.8 Å². The van der Waals surface area contributed by atoms with Gasteiger partial charge in [0, 0.05) is 31.5 Å². The van der Waals surface area contributed by atoms with Gasteiger partial charge in [-0.1, -0.05) is 19.4 Å². The first-order valence-electron chi connectivity index (χ1n) is 12.6. The Morgan fingerprint density at radius 3 is 2.71 bits per heavy atom. The predicted octanol–water partition coefficient (Wildman–Crippen LogP) is 4.15. The second kappa shape index (κ2) is 8.30. The summed E-state index contributed by atoms with van der Waals surface area (Å²) in [6.07, 6.45) is 11.2. The number of hydrogen-bond acceptors (Lipinski definition) is 5. The number of carbonyl (C=O) groups excluding carboxylic acids is 2. The van der Waals surface area contributed by atoms with Crippen LogP contribution in [0.2, 0.25) is 0 Å². The maximum Gasteiger partial charge on any atom is 0.307 e. The molecule has 4 fully saturated rings. The van der Waals surface area contributed by atoms with Crippen LogP contribution in [0.5, 0.6) is 0 Å². The van der Waals surface area contributed by atoms with E-state index in [1.807, 2.05) is 6.08 Å². The van der Waals surface area contributed by atoms with E-state index in [1.54, 1.807) is 0 Å². The van der Waals surface area contributed by atoms with Crippen molar-refractivity contribution < 1.29 is 19.1 Å². The van der Waals surface area contributed by atoms with Gasteiger partial charge >= 0.3 is 5.97 Å². The number of morpholine rings is 1. The molecule has 172 valence electrons. The monoisotopic (exact) mass is 429 g/mol. The standard InChI is InChI=1S/C26H39NO4/c1-25-10-7-19(28)17-18(25)3-4-20-21-5-6-23(26(21,2)11-8-22(20)25)31-24(29)9-12-27-13-15-30-16-14-27/h17,20-23H,3-16H2,1-2H3/t20-,21-,22-,23+,25+,26+/m1/s1. The zero-order valence-electron chi connectivity index (χ0n) is 19.4. The molecule has 0 aromatic heterocycles. The first-order chi connectivity index (χ1) is 14.9. The first kappa shape index (κ1) is 21.6. The lowest BCUT2D eigenvalue weighted by Gasteiger charge is -2.57. The van der Waals surface area contributed by atoms with Crippen molar-refractivity contribution in [1.29, 1.82) is 0 Å². The highest BCUT2D eigenvalue weighted by atomic mass is 16.5. The van der Waals surface area contributed by atoms with Crippen LogP contribution in [0.4, 0.5) is 0 Å². The van der Waals surface area contributed by atoms with Crippen LogP contribution in [-0.4, -0.2) is 55.6 Å². The van der Waals surface area contributed by atoms with Crippen LogP contribution in [0.3, 0.4) is 0 Å². The maximum absolute atomic E-state index is 12.7. The lowest BCUT2D eigenvalue weighted by Crippen LogP contribution is -2.51. The summed E-state index contributed by atoms with van der Waals surface area (Å²) in [5.41, 5.74) is 1.76. The molecule has 5 nitrogen and oxygen atoms in total. The molecule has 3 saturated carbocycles. The van der Waals surface area contributed by atoms with Crippen LogP contribution in [0.15, 0.2) is 11.6 Å². The second-order valence-electron chi connectivity index (χ2n) is 11.3. The molecule has 0 aromatic rings. The molecule has 31 heavy (non-hydrogen) atoms. The minimum absolute atomic E-state index is 0.0212. The molecule has 0 N–H and O–H groups in total. The van der Waals surface area contributed by atoms with E-state index in [2.05, 4.69) is 18.7 Å². The van der Waals surface area contributed by atoms with Crippen molar-refractivity contribution in [2.45, 2.75) is 77.7 Å². The molecule has 5 heteroatoms. The van der Waals surface area contributed by atoms with Crippen molar-refractivity contribution in [3.8, 4) is 0 Å². The second-order valence-corrected chi connectivity index (χ2v) is 11.3. The lowest BCUT2D eigenvalue weighted by molar-refractivity contribution is -0.160. The van der Waals surface area contributed by atoms with Crippen molar-refractivity contribution in [3.63, 3.8) is 0 Å². The molecule has 4 aliphatic carbocycles. The molecule has 5 aliphatic rings. The Kier molecular flexibility index (Phi) is 5.79. The number of esters is 1. The smallest absolute Gasteiger partial charge is 0.307 e. The van der Waals surface area contributed by atoms with E-state index in [1.165, 1.54) is 24.8 Å². The number of ketones is 1. The van der Waals surface area contributed by atoms with Crippen LogP contribution >= 0.6 is 0 Å². The molecule has 1 saturated heterocycles. The fraction of sp³-hybridized carbons (Fsp3) is 0.846. The van der Waals surface area contributed by atoms with E-state index < -0.39 is 0 Å². The van der Waals surface area contributed by atoms with Gasteiger partial charge in [0.1, 0.15) is 6.10 Å². The summed E-state index contributed by atoms with van der Waals surface area (Å²) >= 11 is 0. The van der Waals surface area contributed by atoms with E-state index in [0.717, 1.165) is 58.5 Å². The average molecular weight is 430 g/mol. The Balaban J connectivity index is 1.23. The molecule has 0 bridgehead atoms. The van der Waals surface area contributed by atoms with Gasteiger partial charge in [0.25, 0.3) is 0 Å². The van der Waals surface area contributed by atoms with Crippen LogP contribution < -0.4 is 0 Å². The van der Waals surface area contributed by atoms with Crippen LogP contribution in [0.1, 0.15) is 71.6 Å². The van der Waals surface area contributed by atoms with E-state index in [4.69, 9.17) is 9.47 Å². The predicted molar refractivity (Wildman–Crippen MR) is 118 cm³/mol. The normalized spacial score (nSPS) is 42.9. The fourth-order valence-corrected chi connectivity index (χ4v) is 8.00. The molecule has 0 aromatic carbocycles. The van der Waals surface area contributed by atoms with Gasteiger partial charge in [-0.25, -0.2) is 0 Å². The fourth-order valence-electron chi connectivity index (χ4n) is 8.00. The highest BCUT2D eigenvalue weighted by Crippen LogP contribution is 2.65. The Labute approximate surface area is 186 Å². The van der Waals surface area contributed by atoms with E-state index in [-0.39, 0.29) is 22.9 Å². The summed E-state index contributed by atoms with van der Waals surface area (Å²) in [4.78, 5) is 27.0. The molecule has 0 spiro atoms. The number of nitrogens with zero attached hydrogens (tertiary/aromatic N) is 1. The maximum atomic E-state index is 12.7. The molecular formula is C26H39NO4. The lowest BCUT2D eigenvalue weighted by atomic mass is 9.47. The van der Waals surface area contributed by atoms with Crippen molar-refractivity contribution in [2.75, 3.05) is 32.8 Å². The Bertz CT molecular complexity index is 757. The average Bonchev–Trinajstić information content (AvgIpc) is 3.10. The zero-order chi connectivity index (χ0) is 21.6. The summed E-state index contributed by atoms with van der Waals surface area (Å²) in [7, 11) is 0. The Morgan fingerprint density at radius 2 is 1.90 bits per heavy atom. The molecule has 6 atom stereocenters. The number of fused-ring (bicyclic) bond motifs is 5.